The molecule has 0 aromatic heterocycles. The van der Waals surface area contributed by atoms with Gasteiger partial charge in [0, 0.05) is 23.0 Å². The lowest BCUT2D eigenvalue weighted by Crippen LogP contribution is -2.33. The Morgan fingerprint density at radius 3 is 2.56 bits per heavy atom. The van der Waals surface area contributed by atoms with Crippen molar-refractivity contribution in [3.8, 4) is 5.75 Å². The van der Waals surface area contributed by atoms with Crippen molar-refractivity contribution >= 4 is 21.4 Å². The number of hydrogen-bond acceptors (Lipinski definition) is 4. The van der Waals surface area contributed by atoms with Gasteiger partial charge in [-0.25, -0.2) is 17.2 Å². The number of rotatable bonds is 7. The second kappa shape index (κ2) is 8.54. The highest BCUT2D eigenvalue weighted by molar-refractivity contribution is 7.91. The molecule has 0 saturated heterocycles. The van der Waals surface area contributed by atoms with E-state index >= 15 is 0 Å². The second-order valence-corrected chi connectivity index (χ2v) is 9.09. The molecule has 0 bridgehead atoms. The van der Waals surface area contributed by atoms with E-state index in [1.807, 2.05) is 0 Å². The van der Waals surface area contributed by atoms with Gasteiger partial charge < -0.3 is 10.1 Å². The van der Waals surface area contributed by atoms with Gasteiger partial charge in [0.1, 0.15) is 5.82 Å². The molecule has 1 heterocycles. The average molecular weight is 416 g/mol. The lowest BCUT2D eigenvalue weighted by atomic mass is 9.96. The third kappa shape index (κ3) is 4.97. The Kier molecular flexibility index (Phi) is 6.34. The summed E-state index contributed by atoms with van der Waals surface area (Å²) >= 11 is 5.77. The molecular weight excluding hydrogens is 396 g/mol. The molecule has 0 radical (unpaired) electrons. The topological polar surface area (TPSA) is 55.4 Å². The van der Waals surface area contributed by atoms with Gasteiger partial charge in [-0.2, -0.15) is 0 Å². The second-order valence-electron chi connectivity index (χ2n) is 6.55. The van der Waals surface area contributed by atoms with E-state index in [0.717, 1.165) is 12.1 Å². The molecule has 0 unspecified atom stereocenters. The SMILES string of the molecule is O=S(=O)(CCCNC[C@@H]1COc2c(F)ccc(F)c2C1)c1ccc(Cl)cc1. The highest BCUT2D eigenvalue weighted by Crippen LogP contribution is 2.31. The third-order valence-corrected chi connectivity index (χ3v) is 6.55. The van der Waals surface area contributed by atoms with Crippen LogP contribution in [0, 0.1) is 17.6 Å². The van der Waals surface area contributed by atoms with Crippen LogP contribution in [0.4, 0.5) is 8.78 Å². The first-order valence-electron chi connectivity index (χ1n) is 8.65. The molecule has 2 aromatic carbocycles. The van der Waals surface area contributed by atoms with Gasteiger partial charge in [-0.1, -0.05) is 11.6 Å². The van der Waals surface area contributed by atoms with Crippen LogP contribution >= 0.6 is 11.6 Å². The summed E-state index contributed by atoms with van der Waals surface area (Å²) in [5.74, 6) is -0.997. The minimum atomic E-state index is -3.35. The highest BCUT2D eigenvalue weighted by atomic mass is 35.5. The monoisotopic (exact) mass is 415 g/mol. The summed E-state index contributed by atoms with van der Waals surface area (Å²) in [6, 6.07) is 8.26. The van der Waals surface area contributed by atoms with Crippen LogP contribution in [0.1, 0.15) is 12.0 Å². The van der Waals surface area contributed by atoms with Gasteiger partial charge in [0.25, 0.3) is 0 Å². The molecule has 1 atom stereocenters. The zero-order chi connectivity index (χ0) is 19.4. The fourth-order valence-electron chi connectivity index (χ4n) is 3.05. The summed E-state index contributed by atoms with van der Waals surface area (Å²) in [5, 5.41) is 3.66. The van der Waals surface area contributed by atoms with Crippen LogP contribution in [0.15, 0.2) is 41.3 Å². The molecule has 1 aliphatic heterocycles. The van der Waals surface area contributed by atoms with E-state index in [9.17, 15) is 17.2 Å². The van der Waals surface area contributed by atoms with Crippen molar-refractivity contribution in [2.75, 3.05) is 25.4 Å². The van der Waals surface area contributed by atoms with Crippen LogP contribution in [-0.4, -0.2) is 33.9 Å². The molecule has 0 amide bonds. The number of nitrogens with one attached hydrogen (secondary N) is 1. The largest absolute Gasteiger partial charge is 0.490 e. The number of fused-ring (bicyclic) bond motifs is 1. The van der Waals surface area contributed by atoms with Gasteiger partial charge in [0.15, 0.2) is 21.4 Å². The molecule has 27 heavy (non-hydrogen) atoms. The van der Waals surface area contributed by atoms with Crippen LogP contribution < -0.4 is 10.1 Å². The summed E-state index contributed by atoms with van der Waals surface area (Å²) in [6.45, 7) is 1.33. The summed E-state index contributed by atoms with van der Waals surface area (Å²) < 4.78 is 57.3. The van der Waals surface area contributed by atoms with Gasteiger partial charge in [0.2, 0.25) is 0 Å². The maximum absolute atomic E-state index is 13.8. The number of hydrogen-bond donors (Lipinski definition) is 1. The third-order valence-electron chi connectivity index (χ3n) is 4.48. The lowest BCUT2D eigenvalue weighted by Gasteiger charge is -2.26. The molecule has 0 saturated carbocycles. The summed E-state index contributed by atoms with van der Waals surface area (Å²) in [7, 11) is -3.35. The van der Waals surface area contributed by atoms with Crippen molar-refractivity contribution < 1.29 is 21.9 Å². The van der Waals surface area contributed by atoms with Crippen molar-refractivity contribution in [1.82, 2.24) is 5.32 Å². The summed E-state index contributed by atoms with van der Waals surface area (Å²) in [6.07, 6.45) is 0.827. The Morgan fingerprint density at radius 2 is 1.81 bits per heavy atom. The Labute approximate surface area is 162 Å². The predicted molar refractivity (Wildman–Crippen MR) is 100 cm³/mol. The minimum absolute atomic E-state index is 0.000285. The molecule has 146 valence electrons. The van der Waals surface area contributed by atoms with Gasteiger partial charge >= 0.3 is 0 Å². The lowest BCUT2D eigenvalue weighted by molar-refractivity contribution is 0.205. The van der Waals surface area contributed by atoms with Crippen molar-refractivity contribution in [3.05, 3.63) is 58.6 Å². The van der Waals surface area contributed by atoms with E-state index in [2.05, 4.69) is 5.32 Å². The maximum Gasteiger partial charge on any atom is 0.178 e. The molecule has 0 spiro atoms. The molecule has 0 fully saturated rings. The standard InChI is InChI=1S/C19H20ClF2NO3S/c20-14-2-4-15(5-3-14)27(24,25)9-1-8-23-11-13-10-16-17(21)6-7-18(22)19(16)26-12-13/h2-7,13,23H,1,8-12H2/t13-/m1/s1. The van der Waals surface area contributed by atoms with Gasteiger partial charge in [-0.15, -0.1) is 0 Å². The quantitative estimate of drug-likeness (QED) is 0.702. The molecule has 1 aliphatic rings. The molecule has 4 nitrogen and oxygen atoms in total. The first kappa shape index (κ1) is 20.0. The van der Waals surface area contributed by atoms with E-state index in [4.69, 9.17) is 16.3 Å². The van der Waals surface area contributed by atoms with Crippen LogP contribution in [-0.2, 0) is 16.3 Å². The Balaban J connectivity index is 1.44. The molecular formula is C19H20ClF2NO3S. The van der Waals surface area contributed by atoms with E-state index < -0.39 is 21.5 Å². The minimum Gasteiger partial charge on any atom is -0.490 e. The van der Waals surface area contributed by atoms with Crippen LogP contribution in [0.5, 0.6) is 5.75 Å². The number of ether oxygens (including phenoxy) is 1. The molecule has 1 N–H and O–H groups in total. The molecule has 2 aromatic rings. The Bertz CT molecular complexity index is 904. The van der Waals surface area contributed by atoms with Gasteiger partial charge in [-0.05, 0) is 55.8 Å². The Hall–Kier alpha value is -1.70. The number of sulfone groups is 1. The van der Waals surface area contributed by atoms with Crippen molar-refractivity contribution in [2.24, 2.45) is 5.92 Å². The summed E-state index contributed by atoms with van der Waals surface area (Å²) in [4.78, 5) is 0.252. The normalized spacial score (nSPS) is 16.6. The number of halogens is 3. The highest BCUT2D eigenvalue weighted by Gasteiger charge is 2.25. The van der Waals surface area contributed by atoms with Gasteiger partial charge in [0.05, 0.1) is 17.3 Å². The summed E-state index contributed by atoms with van der Waals surface area (Å²) in [5.41, 5.74) is 0.262. The average Bonchev–Trinajstić information content (AvgIpc) is 2.65. The first-order chi connectivity index (χ1) is 12.9. The van der Waals surface area contributed by atoms with Crippen LogP contribution in [0.3, 0.4) is 0 Å². The van der Waals surface area contributed by atoms with E-state index in [1.165, 1.54) is 12.1 Å². The predicted octanol–water partition coefficient (Wildman–Crippen LogP) is 3.62. The smallest absolute Gasteiger partial charge is 0.178 e. The van der Waals surface area contributed by atoms with Crippen molar-refractivity contribution in [2.45, 2.75) is 17.7 Å². The van der Waals surface area contributed by atoms with E-state index in [-0.39, 0.29) is 27.9 Å². The molecule has 3 rings (SSSR count). The number of benzene rings is 2. The van der Waals surface area contributed by atoms with Gasteiger partial charge in [-0.3, -0.25) is 0 Å². The molecule has 8 heteroatoms. The van der Waals surface area contributed by atoms with Crippen molar-refractivity contribution in [1.29, 1.82) is 0 Å². The zero-order valence-electron chi connectivity index (χ0n) is 14.6. The van der Waals surface area contributed by atoms with Crippen LogP contribution in [0.2, 0.25) is 5.02 Å². The fourth-order valence-corrected chi connectivity index (χ4v) is 4.49. The van der Waals surface area contributed by atoms with E-state index in [1.54, 1.807) is 12.1 Å². The zero-order valence-corrected chi connectivity index (χ0v) is 16.1. The van der Waals surface area contributed by atoms with Crippen LogP contribution in [0.25, 0.3) is 0 Å². The van der Waals surface area contributed by atoms with E-state index in [0.29, 0.717) is 37.6 Å². The maximum atomic E-state index is 13.8. The Morgan fingerprint density at radius 1 is 1.11 bits per heavy atom. The first-order valence-corrected chi connectivity index (χ1v) is 10.7. The molecule has 0 aliphatic carbocycles. The van der Waals surface area contributed by atoms with Crippen molar-refractivity contribution in [3.63, 3.8) is 0 Å². The fraction of sp³-hybridized carbons (Fsp3) is 0.368.